The summed E-state index contributed by atoms with van der Waals surface area (Å²) in [5.74, 6) is -2.13. The Kier molecular flexibility index (Phi) is 7.80. The van der Waals surface area contributed by atoms with E-state index in [2.05, 4.69) is 10.6 Å². The number of hydrogen-bond acceptors (Lipinski definition) is 4. The van der Waals surface area contributed by atoms with E-state index in [0.717, 1.165) is 5.56 Å². The van der Waals surface area contributed by atoms with Gasteiger partial charge in [-0.05, 0) is 30.0 Å². The molecular formula is C17H20ClN3O3. The summed E-state index contributed by atoms with van der Waals surface area (Å²) in [5.41, 5.74) is 0.895. The minimum Gasteiger partial charge on any atom is -0.480 e. The number of halogens is 1. The molecule has 1 unspecified atom stereocenters. The maximum absolute atomic E-state index is 12.0. The molecule has 0 fully saturated rings. The van der Waals surface area contributed by atoms with Gasteiger partial charge in [-0.25, -0.2) is 4.79 Å². The summed E-state index contributed by atoms with van der Waals surface area (Å²) in [4.78, 5) is 23.1. The number of amides is 1. The number of nitrogens with one attached hydrogen (secondary N) is 2. The predicted molar refractivity (Wildman–Crippen MR) is 91.3 cm³/mol. The van der Waals surface area contributed by atoms with Gasteiger partial charge in [0.2, 0.25) is 0 Å². The Morgan fingerprint density at radius 1 is 1.33 bits per heavy atom. The quantitative estimate of drug-likeness (QED) is 0.379. The summed E-state index contributed by atoms with van der Waals surface area (Å²) in [5, 5.41) is 24.0. The van der Waals surface area contributed by atoms with Gasteiger partial charge in [-0.2, -0.15) is 5.26 Å². The van der Waals surface area contributed by atoms with E-state index in [1.54, 1.807) is 32.0 Å². The Balaban J connectivity index is 2.56. The zero-order valence-corrected chi connectivity index (χ0v) is 14.3. The molecule has 0 heterocycles. The molecule has 24 heavy (non-hydrogen) atoms. The van der Waals surface area contributed by atoms with Crippen molar-refractivity contribution in [3.63, 3.8) is 0 Å². The monoisotopic (exact) mass is 349 g/mol. The lowest BCUT2D eigenvalue weighted by Gasteiger charge is -2.17. The second-order valence-corrected chi connectivity index (χ2v) is 5.97. The molecule has 1 amide bonds. The molecule has 0 aliphatic heterocycles. The lowest BCUT2D eigenvalue weighted by atomic mass is 10.0. The van der Waals surface area contributed by atoms with Crippen molar-refractivity contribution in [1.82, 2.24) is 10.6 Å². The second-order valence-electron chi connectivity index (χ2n) is 5.53. The smallest absolute Gasteiger partial charge is 0.326 e. The van der Waals surface area contributed by atoms with Crippen LogP contribution < -0.4 is 10.6 Å². The van der Waals surface area contributed by atoms with Crippen LogP contribution in [0.5, 0.6) is 0 Å². The van der Waals surface area contributed by atoms with E-state index in [4.69, 9.17) is 22.0 Å². The molecule has 0 radical (unpaired) electrons. The molecule has 0 spiro atoms. The van der Waals surface area contributed by atoms with Gasteiger partial charge in [0.1, 0.15) is 17.7 Å². The van der Waals surface area contributed by atoms with Crippen molar-refractivity contribution in [3.8, 4) is 6.07 Å². The lowest BCUT2D eigenvalue weighted by Crippen LogP contribution is -2.44. The predicted octanol–water partition coefficient (Wildman–Crippen LogP) is 2.10. The molecule has 0 aromatic heterocycles. The number of nitrogens with zero attached hydrogens (tertiary/aromatic N) is 1. The van der Waals surface area contributed by atoms with Crippen LogP contribution in [0, 0.1) is 17.2 Å². The fourth-order valence-electron chi connectivity index (χ4n) is 1.92. The zero-order chi connectivity index (χ0) is 18.1. The largest absolute Gasteiger partial charge is 0.480 e. The Labute approximate surface area is 146 Å². The molecule has 0 saturated carbocycles. The Morgan fingerprint density at radius 3 is 2.46 bits per heavy atom. The molecule has 1 aromatic rings. The first-order valence-electron chi connectivity index (χ1n) is 7.47. The minimum absolute atomic E-state index is 0.169. The van der Waals surface area contributed by atoms with Crippen molar-refractivity contribution in [2.24, 2.45) is 5.92 Å². The molecule has 3 N–H and O–H groups in total. The van der Waals surface area contributed by atoms with Crippen molar-refractivity contribution in [2.75, 3.05) is 6.54 Å². The van der Waals surface area contributed by atoms with Gasteiger partial charge in [0.15, 0.2) is 0 Å². The van der Waals surface area contributed by atoms with E-state index in [1.165, 1.54) is 6.20 Å². The maximum atomic E-state index is 12.0. The van der Waals surface area contributed by atoms with Gasteiger partial charge in [0.05, 0.1) is 0 Å². The Morgan fingerprint density at radius 2 is 1.96 bits per heavy atom. The molecule has 0 aliphatic rings. The molecular weight excluding hydrogens is 330 g/mol. The first-order chi connectivity index (χ1) is 11.3. The molecule has 0 bridgehead atoms. The highest BCUT2D eigenvalue weighted by Gasteiger charge is 2.24. The number of rotatable bonds is 8. The fraction of sp³-hybridized carbons (Fsp3) is 0.353. The van der Waals surface area contributed by atoms with Gasteiger partial charge in [-0.15, -0.1) is 0 Å². The third-order valence-electron chi connectivity index (χ3n) is 3.30. The number of nitriles is 1. The van der Waals surface area contributed by atoms with Crippen molar-refractivity contribution >= 4 is 23.5 Å². The van der Waals surface area contributed by atoms with Crippen LogP contribution in [-0.4, -0.2) is 29.6 Å². The van der Waals surface area contributed by atoms with Crippen LogP contribution in [0.4, 0.5) is 0 Å². The van der Waals surface area contributed by atoms with E-state index >= 15 is 0 Å². The van der Waals surface area contributed by atoms with Crippen LogP contribution in [0.3, 0.4) is 0 Å². The number of carbonyl (C=O) groups is 2. The molecule has 1 rings (SSSR count). The van der Waals surface area contributed by atoms with Gasteiger partial charge in [0, 0.05) is 17.8 Å². The molecule has 0 aliphatic carbocycles. The Hall–Kier alpha value is -2.52. The van der Waals surface area contributed by atoms with Gasteiger partial charge < -0.3 is 15.7 Å². The van der Waals surface area contributed by atoms with E-state index < -0.39 is 17.9 Å². The number of carboxylic acid groups (broad SMARTS) is 1. The molecule has 0 saturated heterocycles. The fourth-order valence-corrected chi connectivity index (χ4v) is 2.05. The van der Waals surface area contributed by atoms with Crippen LogP contribution in [0.1, 0.15) is 19.4 Å². The summed E-state index contributed by atoms with van der Waals surface area (Å²) < 4.78 is 0. The maximum Gasteiger partial charge on any atom is 0.326 e. The third kappa shape index (κ3) is 6.31. The number of carboxylic acids is 1. The van der Waals surface area contributed by atoms with Crippen LogP contribution in [0.25, 0.3) is 0 Å². The molecule has 7 heteroatoms. The van der Waals surface area contributed by atoms with E-state index in [-0.39, 0.29) is 11.5 Å². The highest BCUT2D eigenvalue weighted by Crippen LogP contribution is 2.09. The van der Waals surface area contributed by atoms with E-state index in [9.17, 15) is 9.59 Å². The first-order valence-corrected chi connectivity index (χ1v) is 7.84. The minimum atomic E-state index is -1.13. The molecule has 1 aromatic carbocycles. The summed E-state index contributed by atoms with van der Waals surface area (Å²) >= 11 is 5.81. The summed E-state index contributed by atoms with van der Waals surface area (Å²) in [7, 11) is 0. The van der Waals surface area contributed by atoms with Crippen molar-refractivity contribution in [3.05, 3.63) is 46.6 Å². The number of carbonyl (C=O) groups excluding carboxylic acids is 1. The standard InChI is InChI=1S/C17H20ClN3O3/c1-11(2)15(17(23)24)21-16(22)13(9-19)10-20-8-7-12-3-5-14(18)6-4-12/h3-6,10-11,15,20H,7-8H2,1-2H3,(H,21,22)(H,23,24)/b13-10-. The summed E-state index contributed by atoms with van der Waals surface area (Å²) in [6.45, 7) is 3.88. The number of benzene rings is 1. The highest BCUT2D eigenvalue weighted by molar-refractivity contribution is 6.30. The lowest BCUT2D eigenvalue weighted by molar-refractivity contribution is -0.142. The second kappa shape index (κ2) is 9.58. The topological polar surface area (TPSA) is 102 Å². The van der Waals surface area contributed by atoms with Crippen LogP contribution in [0.15, 0.2) is 36.0 Å². The van der Waals surface area contributed by atoms with Gasteiger partial charge in [-0.1, -0.05) is 37.6 Å². The average Bonchev–Trinajstić information content (AvgIpc) is 2.53. The van der Waals surface area contributed by atoms with Crippen molar-refractivity contribution in [1.29, 1.82) is 5.26 Å². The summed E-state index contributed by atoms with van der Waals surface area (Å²) in [6, 6.07) is 8.10. The first kappa shape index (κ1) is 19.5. The highest BCUT2D eigenvalue weighted by atomic mass is 35.5. The van der Waals surface area contributed by atoms with Gasteiger partial charge in [-0.3, -0.25) is 4.79 Å². The SMILES string of the molecule is CC(C)C(NC(=O)/C(C#N)=C\NCCc1ccc(Cl)cc1)C(=O)O. The van der Waals surface area contributed by atoms with Gasteiger partial charge >= 0.3 is 5.97 Å². The molecule has 6 nitrogen and oxygen atoms in total. The van der Waals surface area contributed by atoms with Crippen molar-refractivity contribution in [2.45, 2.75) is 26.3 Å². The third-order valence-corrected chi connectivity index (χ3v) is 3.55. The van der Waals surface area contributed by atoms with Crippen LogP contribution in [0.2, 0.25) is 5.02 Å². The Bertz CT molecular complexity index is 648. The normalized spacial score (nSPS) is 12.4. The summed E-state index contributed by atoms with van der Waals surface area (Å²) in [6.07, 6.45) is 1.99. The molecule has 1 atom stereocenters. The van der Waals surface area contributed by atoms with E-state index in [1.807, 2.05) is 12.1 Å². The average molecular weight is 350 g/mol. The van der Waals surface area contributed by atoms with Crippen LogP contribution in [-0.2, 0) is 16.0 Å². The van der Waals surface area contributed by atoms with Crippen LogP contribution >= 0.6 is 11.6 Å². The zero-order valence-electron chi connectivity index (χ0n) is 13.5. The molecule has 128 valence electrons. The van der Waals surface area contributed by atoms with Gasteiger partial charge in [0.25, 0.3) is 5.91 Å². The van der Waals surface area contributed by atoms with E-state index in [0.29, 0.717) is 18.0 Å². The number of hydrogen-bond donors (Lipinski definition) is 3. The van der Waals surface area contributed by atoms with Crippen molar-refractivity contribution < 1.29 is 14.7 Å². The number of aliphatic carboxylic acids is 1.